The third-order valence-electron chi connectivity index (χ3n) is 4.20. The summed E-state index contributed by atoms with van der Waals surface area (Å²) in [6.45, 7) is 1.97. The number of carbonyl (C=O) groups excluding carboxylic acids is 1. The molecule has 0 heterocycles. The maximum atomic E-state index is 11.8. The average molecular weight is 286 g/mol. The number of rotatable bonds is 4. The van der Waals surface area contributed by atoms with E-state index in [0.717, 1.165) is 23.0 Å². The van der Waals surface area contributed by atoms with Crippen LogP contribution in [0, 0.1) is 0 Å². The Labute approximate surface area is 131 Å². The molecule has 0 aliphatic heterocycles. The van der Waals surface area contributed by atoms with Crippen molar-refractivity contribution in [1.82, 2.24) is 0 Å². The van der Waals surface area contributed by atoms with Crippen LogP contribution in [-0.4, -0.2) is 6.29 Å². The summed E-state index contributed by atoms with van der Waals surface area (Å²) < 4.78 is 0. The highest BCUT2D eigenvalue weighted by atomic mass is 16.1. The Bertz CT molecular complexity index is 745. The van der Waals surface area contributed by atoms with E-state index in [1.54, 1.807) is 0 Å². The monoisotopic (exact) mass is 286 g/mol. The molecule has 0 saturated carbocycles. The van der Waals surface area contributed by atoms with Gasteiger partial charge in [0.15, 0.2) is 0 Å². The molecule has 3 aromatic carbocycles. The van der Waals surface area contributed by atoms with Gasteiger partial charge < -0.3 is 4.79 Å². The zero-order valence-electron chi connectivity index (χ0n) is 12.6. The molecule has 0 fully saturated rings. The van der Waals surface area contributed by atoms with Crippen LogP contribution in [0.2, 0.25) is 0 Å². The summed E-state index contributed by atoms with van der Waals surface area (Å²) in [4.78, 5) is 11.8. The maximum Gasteiger partial charge on any atom is 0.134 e. The Balaban J connectivity index is 2.00. The highest BCUT2D eigenvalue weighted by Crippen LogP contribution is 2.31. The molecule has 0 saturated heterocycles. The lowest BCUT2D eigenvalue weighted by Gasteiger charge is -2.24. The van der Waals surface area contributed by atoms with Gasteiger partial charge in [-0.25, -0.2) is 0 Å². The van der Waals surface area contributed by atoms with Crippen LogP contribution in [0.4, 0.5) is 0 Å². The van der Waals surface area contributed by atoms with Gasteiger partial charge in [-0.15, -0.1) is 0 Å². The van der Waals surface area contributed by atoms with Crippen LogP contribution in [0.1, 0.15) is 18.1 Å². The smallest absolute Gasteiger partial charge is 0.134 e. The Morgan fingerprint density at radius 1 is 0.636 bits per heavy atom. The number of hydrogen-bond acceptors (Lipinski definition) is 1. The van der Waals surface area contributed by atoms with Crippen LogP contribution in [0.3, 0.4) is 0 Å². The highest BCUT2D eigenvalue weighted by molar-refractivity contribution is 5.75. The molecule has 0 N–H and O–H groups in total. The molecule has 0 amide bonds. The molecular formula is C21H18O. The molecule has 1 atom stereocenters. The first-order chi connectivity index (χ1) is 10.7. The summed E-state index contributed by atoms with van der Waals surface area (Å²) in [5.74, 6) is 0. The van der Waals surface area contributed by atoms with E-state index in [-0.39, 0.29) is 0 Å². The number of benzene rings is 3. The Kier molecular flexibility index (Phi) is 3.88. The standard InChI is InChI=1S/C21H18O/c1-21(16-22,19-10-6-3-7-11-19)20-14-12-18(13-15-20)17-8-4-2-5-9-17/h2-16H,1H3. The van der Waals surface area contributed by atoms with Gasteiger partial charge in [-0.3, -0.25) is 0 Å². The maximum absolute atomic E-state index is 11.8. The van der Waals surface area contributed by atoms with Crippen molar-refractivity contribution in [3.05, 3.63) is 96.1 Å². The van der Waals surface area contributed by atoms with Gasteiger partial charge in [-0.1, -0.05) is 84.9 Å². The predicted octanol–water partition coefficient (Wildman–Crippen LogP) is 4.86. The molecular weight excluding hydrogens is 268 g/mol. The Hall–Kier alpha value is -2.67. The fourth-order valence-electron chi connectivity index (χ4n) is 2.73. The molecule has 0 radical (unpaired) electrons. The van der Waals surface area contributed by atoms with Gasteiger partial charge in [0.1, 0.15) is 6.29 Å². The molecule has 0 bridgehead atoms. The lowest BCUT2D eigenvalue weighted by molar-refractivity contribution is -0.110. The van der Waals surface area contributed by atoms with Crippen LogP contribution in [-0.2, 0) is 10.2 Å². The summed E-state index contributed by atoms with van der Waals surface area (Å²) in [6.07, 6.45) is 1.03. The number of aldehydes is 1. The summed E-state index contributed by atoms with van der Waals surface area (Å²) in [6, 6.07) is 28.4. The van der Waals surface area contributed by atoms with Gasteiger partial charge in [0.25, 0.3) is 0 Å². The van der Waals surface area contributed by atoms with Crippen molar-refractivity contribution in [2.75, 3.05) is 0 Å². The third kappa shape index (κ3) is 2.58. The molecule has 108 valence electrons. The van der Waals surface area contributed by atoms with E-state index in [1.807, 2.05) is 67.6 Å². The van der Waals surface area contributed by atoms with Gasteiger partial charge in [-0.05, 0) is 29.2 Å². The predicted molar refractivity (Wildman–Crippen MR) is 90.8 cm³/mol. The van der Waals surface area contributed by atoms with Crippen molar-refractivity contribution < 1.29 is 4.79 Å². The molecule has 3 rings (SSSR count). The Morgan fingerprint density at radius 2 is 1.09 bits per heavy atom. The second-order valence-corrected chi connectivity index (χ2v) is 5.63. The third-order valence-corrected chi connectivity index (χ3v) is 4.20. The van der Waals surface area contributed by atoms with Crippen molar-refractivity contribution in [3.63, 3.8) is 0 Å². The van der Waals surface area contributed by atoms with E-state index < -0.39 is 5.41 Å². The lowest BCUT2D eigenvalue weighted by atomic mass is 9.77. The van der Waals surface area contributed by atoms with E-state index in [4.69, 9.17) is 0 Å². The van der Waals surface area contributed by atoms with Crippen molar-refractivity contribution in [2.45, 2.75) is 12.3 Å². The zero-order valence-corrected chi connectivity index (χ0v) is 12.6. The van der Waals surface area contributed by atoms with Gasteiger partial charge in [0, 0.05) is 0 Å². The topological polar surface area (TPSA) is 17.1 Å². The fraction of sp³-hybridized carbons (Fsp3) is 0.0952. The average Bonchev–Trinajstić information content (AvgIpc) is 2.63. The van der Waals surface area contributed by atoms with Crippen LogP contribution in [0.5, 0.6) is 0 Å². The quantitative estimate of drug-likeness (QED) is 0.626. The molecule has 0 aliphatic rings. The van der Waals surface area contributed by atoms with E-state index in [9.17, 15) is 4.79 Å². The fourth-order valence-corrected chi connectivity index (χ4v) is 2.73. The first-order valence-electron chi connectivity index (χ1n) is 7.42. The lowest BCUT2D eigenvalue weighted by Crippen LogP contribution is -2.25. The van der Waals surface area contributed by atoms with Gasteiger partial charge in [-0.2, -0.15) is 0 Å². The van der Waals surface area contributed by atoms with E-state index >= 15 is 0 Å². The summed E-state index contributed by atoms with van der Waals surface area (Å²) in [5.41, 5.74) is 3.74. The molecule has 0 aromatic heterocycles. The summed E-state index contributed by atoms with van der Waals surface area (Å²) >= 11 is 0. The van der Waals surface area contributed by atoms with Crippen molar-refractivity contribution in [2.24, 2.45) is 0 Å². The van der Waals surface area contributed by atoms with Crippen molar-refractivity contribution in [1.29, 1.82) is 0 Å². The minimum absolute atomic E-state index is 0.615. The van der Waals surface area contributed by atoms with Crippen LogP contribution in [0.15, 0.2) is 84.9 Å². The molecule has 22 heavy (non-hydrogen) atoms. The van der Waals surface area contributed by atoms with E-state index in [2.05, 4.69) is 24.3 Å². The first kappa shape index (κ1) is 14.3. The minimum atomic E-state index is -0.615. The van der Waals surface area contributed by atoms with E-state index in [0.29, 0.717) is 0 Å². The van der Waals surface area contributed by atoms with Crippen molar-refractivity contribution in [3.8, 4) is 11.1 Å². The molecule has 3 aromatic rings. The first-order valence-corrected chi connectivity index (χ1v) is 7.42. The highest BCUT2D eigenvalue weighted by Gasteiger charge is 2.28. The van der Waals surface area contributed by atoms with Crippen molar-refractivity contribution >= 4 is 6.29 Å². The second-order valence-electron chi connectivity index (χ2n) is 5.63. The largest absolute Gasteiger partial charge is 0.302 e. The molecule has 0 spiro atoms. The number of hydrogen-bond donors (Lipinski definition) is 0. The van der Waals surface area contributed by atoms with Crippen LogP contribution >= 0.6 is 0 Å². The van der Waals surface area contributed by atoms with Gasteiger partial charge in [0.05, 0.1) is 5.41 Å². The molecule has 1 unspecified atom stereocenters. The number of carbonyl (C=O) groups is 1. The second kappa shape index (κ2) is 5.98. The van der Waals surface area contributed by atoms with Gasteiger partial charge >= 0.3 is 0 Å². The Morgan fingerprint density at radius 3 is 1.64 bits per heavy atom. The van der Waals surface area contributed by atoms with E-state index in [1.165, 1.54) is 5.56 Å². The molecule has 0 aliphatic carbocycles. The summed E-state index contributed by atoms with van der Waals surface area (Å²) in [5, 5.41) is 0. The molecule has 1 heteroatoms. The van der Waals surface area contributed by atoms with Crippen LogP contribution < -0.4 is 0 Å². The molecule has 1 nitrogen and oxygen atoms in total. The minimum Gasteiger partial charge on any atom is -0.302 e. The zero-order chi connectivity index (χ0) is 15.4. The van der Waals surface area contributed by atoms with Gasteiger partial charge in [0.2, 0.25) is 0 Å². The SMILES string of the molecule is CC(C=O)(c1ccccc1)c1ccc(-c2ccccc2)cc1. The normalized spacial score (nSPS) is 13.3. The van der Waals surface area contributed by atoms with Crippen LogP contribution in [0.25, 0.3) is 11.1 Å². The summed E-state index contributed by atoms with van der Waals surface area (Å²) in [7, 11) is 0.